The van der Waals surface area contributed by atoms with Gasteiger partial charge in [0.2, 0.25) is 0 Å². The first-order chi connectivity index (χ1) is 11.7. The van der Waals surface area contributed by atoms with Crippen LogP contribution in [-0.2, 0) is 9.54 Å². The van der Waals surface area contributed by atoms with Crippen molar-refractivity contribution in [3.8, 4) is 5.75 Å². The lowest BCUT2D eigenvalue weighted by atomic mass is 9.90. The first-order valence-electron chi connectivity index (χ1n) is 7.83. The van der Waals surface area contributed by atoms with Crippen LogP contribution in [0, 0.1) is 6.92 Å². The van der Waals surface area contributed by atoms with Crippen molar-refractivity contribution in [3.05, 3.63) is 95.6 Å². The van der Waals surface area contributed by atoms with Crippen LogP contribution in [0.5, 0.6) is 5.75 Å². The molecule has 0 radical (unpaired) electrons. The summed E-state index contributed by atoms with van der Waals surface area (Å²) in [5.74, 6) is 0.418. The minimum Gasteiger partial charge on any atom is -0.425 e. The summed E-state index contributed by atoms with van der Waals surface area (Å²) in [6.45, 7) is 2.03. The molecule has 118 valence electrons. The second kappa shape index (κ2) is 5.84. The zero-order valence-electron chi connectivity index (χ0n) is 13.2. The number of carbonyl (C=O) groups excluding carboxylic acids is 1. The quantitative estimate of drug-likeness (QED) is 0.501. The topological polar surface area (TPSA) is 26.3 Å². The van der Waals surface area contributed by atoms with Crippen LogP contribution in [0.15, 0.2) is 83.8 Å². The number of ether oxygens (including phenoxy) is 1. The summed E-state index contributed by atoms with van der Waals surface area (Å²) in [5.41, 5.74) is 2.97. The second-order valence-electron chi connectivity index (χ2n) is 5.85. The van der Waals surface area contributed by atoms with E-state index in [1.807, 2.05) is 79.7 Å². The molecule has 0 aromatic heterocycles. The van der Waals surface area contributed by atoms with Gasteiger partial charge in [0.1, 0.15) is 5.75 Å². The standard InChI is InChI=1S/C21H16O2S/c1-15-12-13-19-18(14-15)21(20(22)23-19,16-8-4-2-5-9-16)24-17-10-6-3-7-11-17/h2-14H,1H3/t21-/m0/s1. The van der Waals surface area contributed by atoms with Crippen LogP contribution in [0.4, 0.5) is 0 Å². The molecule has 0 fully saturated rings. The summed E-state index contributed by atoms with van der Waals surface area (Å²) < 4.78 is 4.77. The van der Waals surface area contributed by atoms with Crippen LogP contribution in [0.3, 0.4) is 0 Å². The Hall–Kier alpha value is -2.52. The molecule has 0 amide bonds. The van der Waals surface area contributed by atoms with Gasteiger partial charge in [0.15, 0.2) is 4.75 Å². The lowest BCUT2D eigenvalue weighted by Crippen LogP contribution is -2.31. The molecule has 3 aromatic carbocycles. The highest BCUT2D eigenvalue weighted by atomic mass is 32.2. The van der Waals surface area contributed by atoms with Crippen LogP contribution < -0.4 is 4.74 Å². The molecule has 0 spiro atoms. The Morgan fingerprint density at radius 2 is 1.54 bits per heavy atom. The lowest BCUT2D eigenvalue weighted by Gasteiger charge is -2.26. The van der Waals surface area contributed by atoms with Gasteiger partial charge in [-0.05, 0) is 36.8 Å². The molecular formula is C21H16O2S. The maximum absolute atomic E-state index is 13.0. The number of hydrogen-bond acceptors (Lipinski definition) is 3. The van der Waals surface area contributed by atoms with Gasteiger partial charge in [-0.3, -0.25) is 0 Å². The van der Waals surface area contributed by atoms with Crippen LogP contribution in [0.25, 0.3) is 0 Å². The van der Waals surface area contributed by atoms with Crippen molar-refractivity contribution >= 4 is 17.7 Å². The predicted octanol–water partition coefficient (Wildman–Crippen LogP) is 4.95. The van der Waals surface area contributed by atoms with E-state index in [4.69, 9.17) is 4.74 Å². The number of rotatable bonds is 3. The van der Waals surface area contributed by atoms with E-state index in [1.165, 1.54) is 11.8 Å². The molecule has 3 aromatic rings. The van der Waals surface area contributed by atoms with E-state index in [-0.39, 0.29) is 5.97 Å². The Morgan fingerprint density at radius 3 is 2.25 bits per heavy atom. The summed E-state index contributed by atoms with van der Waals surface area (Å²) in [6, 6.07) is 25.8. The summed E-state index contributed by atoms with van der Waals surface area (Å²) in [6.07, 6.45) is 0. The van der Waals surface area contributed by atoms with Gasteiger partial charge in [-0.2, -0.15) is 0 Å². The third-order valence-corrected chi connectivity index (χ3v) is 5.64. The van der Waals surface area contributed by atoms with Crippen molar-refractivity contribution in [2.24, 2.45) is 0 Å². The van der Waals surface area contributed by atoms with Gasteiger partial charge in [-0.15, -0.1) is 0 Å². The molecule has 0 saturated heterocycles. The molecule has 3 heteroatoms. The van der Waals surface area contributed by atoms with Gasteiger partial charge < -0.3 is 4.74 Å². The molecule has 4 rings (SSSR count). The molecular weight excluding hydrogens is 316 g/mol. The van der Waals surface area contributed by atoms with Gasteiger partial charge in [-0.1, -0.05) is 71.9 Å². The Morgan fingerprint density at radius 1 is 0.875 bits per heavy atom. The summed E-state index contributed by atoms with van der Waals surface area (Å²) in [5, 5.41) is 0. The summed E-state index contributed by atoms with van der Waals surface area (Å²) in [4.78, 5) is 14.1. The van der Waals surface area contributed by atoms with Crippen LogP contribution in [0.1, 0.15) is 16.7 Å². The Kier molecular flexibility index (Phi) is 3.66. The number of hydrogen-bond donors (Lipinski definition) is 0. The molecule has 0 unspecified atom stereocenters. The van der Waals surface area contributed by atoms with Crippen LogP contribution >= 0.6 is 11.8 Å². The van der Waals surface area contributed by atoms with E-state index >= 15 is 0 Å². The fraction of sp³-hybridized carbons (Fsp3) is 0.0952. The molecule has 2 nitrogen and oxygen atoms in total. The highest BCUT2D eigenvalue weighted by molar-refractivity contribution is 8.01. The predicted molar refractivity (Wildman–Crippen MR) is 96.3 cm³/mol. The maximum atomic E-state index is 13.0. The molecule has 0 aliphatic carbocycles. The minimum absolute atomic E-state index is 0.233. The fourth-order valence-electron chi connectivity index (χ4n) is 3.06. The normalized spacial score (nSPS) is 19.0. The number of esters is 1. The van der Waals surface area contributed by atoms with Gasteiger partial charge >= 0.3 is 5.97 Å². The summed E-state index contributed by atoms with van der Waals surface area (Å²) in [7, 11) is 0. The third-order valence-electron chi connectivity index (χ3n) is 4.20. The molecule has 24 heavy (non-hydrogen) atoms. The monoisotopic (exact) mass is 332 g/mol. The average Bonchev–Trinajstić information content (AvgIpc) is 2.89. The van der Waals surface area contributed by atoms with Crippen molar-refractivity contribution in [2.45, 2.75) is 16.6 Å². The van der Waals surface area contributed by atoms with E-state index in [9.17, 15) is 4.79 Å². The van der Waals surface area contributed by atoms with E-state index in [2.05, 4.69) is 6.07 Å². The van der Waals surface area contributed by atoms with Gasteiger partial charge in [0.25, 0.3) is 0 Å². The van der Waals surface area contributed by atoms with E-state index in [1.54, 1.807) is 0 Å². The molecule has 0 bridgehead atoms. The van der Waals surface area contributed by atoms with Crippen LogP contribution in [0.2, 0.25) is 0 Å². The highest BCUT2D eigenvalue weighted by Gasteiger charge is 2.51. The molecule has 1 aliphatic rings. The number of fused-ring (bicyclic) bond motifs is 1. The Labute approximate surface area is 145 Å². The first kappa shape index (κ1) is 15.0. The Balaban J connectivity index is 1.96. The van der Waals surface area contributed by atoms with Gasteiger partial charge in [0, 0.05) is 10.5 Å². The summed E-state index contributed by atoms with van der Waals surface area (Å²) >= 11 is 1.54. The molecule has 0 saturated carbocycles. The highest BCUT2D eigenvalue weighted by Crippen LogP contribution is 2.54. The largest absolute Gasteiger partial charge is 0.425 e. The van der Waals surface area contributed by atoms with Crippen molar-refractivity contribution in [2.75, 3.05) is 0 Å². The van der Waals surface area contributed by atoms with Crippen molar-refractivity contribution in [1.82, 2.24) is 0 Å². The van der Waals surface area contributed by atoms with E-state index in [0.717, 1.165) is 21.6 Å². The SMILES string of the molecule is Cc1ccc2c(c1)[C@@](Sc1ccccc1)(c1ccccc1)C(=O)O2. The van der Waals surface area contributed by atoms with Gasteiger partial charge in [0.05, 0.1) is 0 Å². The minimum atomic E-state index is -0.871. The zero-order valence-corrected chi connectivity index (χ0v) is 14.0. The maximum Gasteiger partial charge on any atom is 0.337 e. The van der Waals surface area contributed by atoms with Crippen molar-refractivity contribution < 1.29 is 9.53 Å². The number of thioether (sulfide) groups is 1. The molecule has 1 heterocycles. The van der Waals surface area contributed by atoms with E-state index in [0.29, 0.717) is 5.75 Å². The molecule has 1 aliphatic heterocycles. The number of carbonyl (C=O) groups is 1. The Bertz CT molecular complexity index is 890. The van der Waals surface area contributed by atoms with Crippen molar-refractivity contribution in [3.63, 3.8) is 0 Å². The van der Waals surface area contributed by atoms with Crippen molar-refractivity contribution in [1.29, 1.82) is 0 Å². The number of benzene rings is 3. The first-order valence-corrected chi connectivity index (χ1v) is 8.65. The van der Waals surface area contributed by atoms with Crippen LogP contribution in [-0.4, -0.2) is 5.97 Å². The second-order valence-corrected chi connectivity index (χ2v) is 7.14. The average molecular weight is 332 g/mol. The third kappa shape index (κ3) is 2.33. The molecule has 0 N–H and O–H groups in total. The number of aryl methyl sites for hydroxylation is 1. The smallest absolute Gasteiger partial charge is 0.337 e. The van der Waals surface area contributed by atoms with Gasteiger partial charge in [-0.25, -0.2) is 4.79 Å². The zero-order chi connectivity index (χ0) is 16.6. The lowest BCUT2D eigenvalue weighted by molar-refractivity contribution is -0.134. The van der Waals surface area contributed by atoms with E-state index < -0.39 is 4.75 Å². The fourth-order valence-corrected chi connectivity index (χ4v) is 4.35. The molecule has 1 atom stereocenters.